The van der Waals surface area contributed by atoms with Crippen LogP contribution in [-0.2, 0) is 7.05 Å². The molecule has 78 valence electrons. The summed E-state index contributed by atoms with van der Waals surface area (Å²) in [4.78, 5) is 2.38. The highest BCUT2D eigenvalue weighted by Crippen LogP contribution is 2.25. The van der Waals surface area contributed by atoms with Gasteiger partial charge in [-0.05, 0) is 25.8 Å². The Morgan fingerprint density at radius 2 is 2.50 bits per heavy atom. The summed E-state index contributed by atoms with van der Waals surface area (Å²) in [6.45, 7) is 1.90. The Hall–Kier alpha value is -1.03. The second-order valence-corrected chi connectivity index (χ2v) is 3.91. The Morgan fingerprint density at radius 1 is 1.64 bits per heavy atom. The van der Waals surface area contributed by atoms with E-state index in [0.29, 0.717) is 6.04 Å². The molecule has 0 saturated carbocycles. The molecule has 1 fully saturated rings. The van der Waals surface area contributed by atoms with Crippen LogP contribution in [0.25, 0.3) is 0 Å². The third-order valence-corrected chi connectivity index (χ3v) is 2.87. The standard InChI is InChI=1S/C10H18N4/c1-13-8-5-10(12-13)14-7-2-3-9(14)4-6-11/h5,8-9H,2-4,6-7,11H2,1H3. The number of hydrogen-bond donors (Lipinski definition) is 1. The molecule has 14 heavy (non-hydrogen) atoms. The summed E-state index contributed by atoms with van der Waals surface area (Å²) in [5.74, 6) is 1.10. The Kier molecular flexibility index (Phi) is 2.72. The van der Waals surface area contributed by atoms with Crippen LogP contribution in [0.2, 0.25) is 0 Å². The van der Waals surface area contributed by atoms with Gasteiger partial charge in [-0.2, -0.15) is 5.10 Å². The molecule has 2 N–H and O–H groups in total. The molecule has 1 atom stereocenters. The van der Waals surface area contributed by atoms with Gasteiger partial charge in [0.1, 0.15) is 0 Å². The van der Waals surface area contributed by atoms with Crippen LogP contribution in [0.4, 0.5) is 5.82 Å². The zero-order chi connectivity index (χ0) is 9.97. The number of aryl methyl sites for hydroxylation is 1. The van der Waals surface area contributed by atoms with E-state index in [4.69, 9.17) is 5.73 Å². The number of nitrogens with zero attached hydrogens (tertiary/aromatic N) is 3. The minimum absolute atomic E-state index is 0.606. The topological polar surface area (TPSA) is 47.1 Å². The molecule has 1 aliphatic rings. The van der Waals surface area contributed by atoms with Crippen molar-refractivity contribution >= 4 is 5.82 Å². The molecule has 4 nitrogen and oxygen atoms in total. The summed E-state index contributed by atoms with van der Waals surface area (Å²) in [7, 11) is 1.96. The number of rotatable bonds is 3. The van der Waals surface area contributed by atoms with Gasteiger partial charge in [-0.3, -0.25) is 4.68 Å². The van der Waals surface area contributed by atoms with Gasteiger partial charge in [0, 0.05) is 31.9 Å². The zero-order valence-electron chi connectivity index (χ0n) is 8.69. The minimum atomic E-state index is 0.606. The van der Waals surface area contributed by atoms with E-state index in [1.807, 2.05) is 17.9 Å². The first-order chi connectivity index (χ1) is 6.81. The highest BCUT2D eigenvalue weighted by atomic mass is 15.3. The van der Waals surface area contributed by atoms with Crippen molar-refractivity contribution < 1.29 is 0 Å². The van der Waals surface area contributed by atoms with Crippen molar-refractivity contribution in [1.29, 1.82) is 0 Å². The lowest BCUT2D eigenvalue weighted by Crippen LogP contribution is -2.31. The molecule has 1 saturated heterocycles. The molecular weight excluding hydrogens is 176 g/mol. The summed E-state index contributed by atoms with van der Waals surface area (Å²) >= 11 is 0. The fourth-order valence-electron chi connectivity index (χ4n) is 2.19. The molecule has 2 heterocycles. The maximum absolute atomic E-state index is 5.60. The quantitative estimate of drug-likeness (QED) is 0.772. The monoisotopic (exact) mass is 194 g/mol. The van der Waals surface area contributed by atoms with E-state index in [2.05, 4.69) is 16.1 Å². The summed E-state index contributed by atoms with van der Waals surface area (Å²) < 4.78 is 1.85. The molecule has 1 aromatic rings. The minimum Gasteiger partial charge on any atom is -0.352 e. The highest BCUT2D eigenvalue weighted by Gasteiger charge is 2.25. The third kappa shape index (κ3) is 1.75. The Balaban J connectivity index is 2.09. The molecular formula is C10H18N4. The molecule has 0 bridgehead atoms. The van der Waals surface area contributed by atoms with Crippen LogP contribution < -0.4 is 10.6 Å². The normalized spacial score (nSPS) is 21.9. The van der Waals surface area contributed by atoms with Crippen molar-refractivity contribution in [2.75, 3.05) is 18.0 Å². The van der Waals surface area contributed by atoms with Gasteiger partial charge in [0.15, 0.2) is 5.82 Å². The van der Waals surface area contributed by atoms with E-state index in [9.17, 15) is 0 Å². The first-order valence-corrected chi connectivity index (χ1v) is 5.27. The number of anilines is 1. The van der Waals surface area contributed by atoms with Crippen molar-refractivity contribution in [2.45, 2.75) is 25.3 Å². The van der Waals surface area contributed by atoms with E-state index in [1.54, 1.807) is 0 Å². The third-order valence-electron chi connectivity index (χ3n) is 2.87. The molecule has 0 spiro atoms. The molecule has 0 radical (unpaired) electrons. The van der Waals surface area contributed by atoms with Crippen LogP contribution in [0.15, 0.2) is 12.3 Å². The summed E-state index contributed by atoms with van der Waals surface area (Å²) in [5, 5.41) is 4.43. The van der Waals surface area contributed by atoms with E-state index in [1.165, 1.54) is 12.8 Å². The molecule has 0 amide bonds. The van der Waals surface area contributed by atoms with Crippen molar-refractivity contribution in [3.05, 3.63) is 12.3 Å². The van der Waals surface area contributed by atoms with Crippen molar-refractivity contribution in [3.63, 3.8) is 0 Å². The van der Waals surface area contributed by atoms with Crippen LogP contribution in [0.1, 0.15) is 19.3 Å². The van der Waals surface area contributed by atoms with Crippen molar-refractivity contribution in [1.82, 2.24) is 9.78 Å². The Labute approximate surface area is 84.7 Å². The average Bonchev–Trinajstić information content (AvgIpc) is 2.74. The van der Waals surface area contributed by atoms with Gasteiger partial charge in [-0.15, -0.1) is 0 Å². The summed E-state index contributed by atoms with van der Waals surface area (Å²) in [6, 6.07) is 2.68. The van der Waals surface area contributed by atoms with Gasteiger partial charge in [-0.1, -0.05) is 0 Å². The maximum atomic E-state index is 5.60. The van der Waals surface area contributed by atoms with E-state index in [-0.39, 0.29) is 0 Å². The number of aromatic nitrogens is 2. The number of nitrogens with two attached hydrogens (primary N) is 1. The van der Waals surface area contributed by atoms with E-state index < -0.39 is 0 Å². The largest absolute Gasteiger partial charge is 0.352 e. The Morgan fingerprint density at radius 3 is 3.14 bits per heavy atom. The SMILES string of the molecule is Cn1ccc(N2CCCC2CCN)n1. The first-order valence-electron chi connectivity index (χ1n) is 5.27. The molecule has 2 rings (SSSR count). The summed E-state index contributed by atoms with van der Waals surface area (Å²) in [6.07, 6.45) is 5.60. The predicted octanol–water partition coefficient (Wildman–Crippen LogP) is 0.738. The lowest BCUT2D eigenvalue weighted by molar-refractivity contribution is 0.609. The zero-order valence-corrected chi connectivity index (χ0v) is 8.69. The maximum Gasteiger partial charge on any atom is 0.150 e. The van der Waals surface area contributed by atoms with Crippen LogP contribution >= 0.6 is 0 Å². The predicted molar refractivity (Wildman–Crippen MR) is 57.2 cm³/mol. The number of hydrogen-bond acceptors (Lipinski definition) is 3. The fraction of sp³-hybridized carbons (Fsp3) is 0.700. The average molecular weight is 194 g/mol. The molecule has 0 aliphatic carbocycles. The van der Waals surface area contributed by atoms with Gasteiger partial charge < -0.3 is 10.6 Å². The Bertz CT molecular complexity index is 294. The fourth-order valence-corrected chi connectivity index (χ4v) is 2.19. The van der Waals surface area contributed by atoms with Gasteiger partial charge in [0.05, 0.1) is 0 Å². The molecule has 1 aliphatic heterocycles. The lowest BCUT2D eigenvalue weighted by Gasteiger charge is -2.23. The highest BCUT2D eigenvalue weighted by molar-refractivity contribution is 5.39. The van der Waals surface area contributed by atoms with Crippen LogP contribution in [-0.4, -0.2) is 28.9 Å². The molecule has 0 aromatic carbocycles. The lowest BCUT2D eigenvalue weighted by atomic mass is 10.1. The van der Waals surface area contributed by atoms with Crippen LogP contribution in [0.5, 0.6) is 0 Å². The smallest absolute Gasteiger partial charge is 0.150 e. The summed E-state index contributed by atoms with van der Waals surface area (Å²) in [5.41, 5.74) is 5.60. The van der Waals surface area contributed by atoms with Gasteiger partial charge >= 0.3 is 0 Å². The van der Waals surface area contributed by atoms with Gasteiger partial charge in [-0.25, -0.2) is 0 Å². The van der Waals surface area contributed by atoms with Crippen LogP contribution in [0.3, 0.4) is 0 Å². The van der Waals surface area contributed by atoms with Crippen molar-refractivity contribution in [2.24, 2.45) is 12.8 Å². The van der Waals surface area contributed by atoms with Gasteiger partial charge in [0.2, 0.25) is 0 Å². The van der Waals surface area contributed by atoms with Gasteiger partial charge in [0.25, 0.3) is 0 Å². The second kappa shape index (κ2) is 4.00. The van der Waals surface area contributed by atoms with E-state index >= 15 is 0 Å². The first kappa shape index (κ1) is 9.52. The van der Waals surface area contributed by atoms with Crippen molar-refractivity contribution in [3.8, 4) is 0 Å². The second-order valence-electron chi connectivity index (χ2n) is 3.91. The van der Waals surface area contributed by atoms with E-state index in [0.717, 1.165) is 25.3 Å². The van der Waals surface area contributed by atoms with Crippen LogP contribution in [0, 0.1) is 0 Å². The molecule has 4 heteroatoms. The molecule has 1 aromatic heterocycles. The molecule has 1 unspecified atom stereocenters.